The van der Waals surface area contributed by atoms with Crippen molar-refractivity contribution < 1.29 is 9.53 Å². The number of hydrogen-bond acceptors (Lipinski definition) is 6. The Morgan fingerprint density at radius 1 is 1.08 bits per heavy atom. The third-order valence-electron chi connectivity index (χ3n) is 7.47. The number of urea groups is 1. The molecule has 2 fully saturated rings. The third kappa shape index (κ3) is 5.92. The summed E-state index contributed by atoms with van der Waals surface area (Å²) in [7, 11) is 4.09. The average molecular weight is 525 g/mol. The number of carbonyl (C=O) groups is 1. The molecule has 0 bridgehead atoms. The van der Waals surface area contributed by atoms with Gasteiger partial charge in [-0.25, -0.2) is 19.7 Å². The standard InChI is InChI=1S/C28H37ClN6O2/c1-33(2)15-14-30-22-9-11-26(31-19-22)34-25-18-21(29)8-10-24(25)27(20-6-4-3-5-7-20)32-35(28(34)36)23-12-16-37-17-13-23/h8-11,18-20,23,30H,3-7,12-17H2,1-2H3. The number of likely N-dealkylation sites (N-methyl/N-ethyl adjacent to an activating group) is 1. The van der Waals surface area contributed by atoms with Crippen molar-refractivity contribution in [1.82, 2.24) is 14.9 Å². The molecule has 1 aromatic carbocycles. The molecular weight excluding hydrogens is 488 g/mol. The molecule has 8 nitrogen and oxygen atoms in total. The molecule has 1 aliphatic carbocycles. The van der Waals surface area contributed by atoms with E-state index in [0.29, 0.717) is 30.0 Å². The number of aromatic nitrogens is 1. The molecule has 2 amide bonds. The molecule has 3 heterocycles. The number of hydrazone groups is 1. The maximum absolute atomic E-state index is 14.3. The Balaban J connectivity index is 1.55. The lowest BCUT2D eigenvalue weighted by Gasteiger charge is -2.33. The molecular formula is C28H37ClN6O2. The topological polar surface area (TPSA) is 73.3 Å². The second kappa shape index (κ2) is 11.8. The van der Waals surface area contributed by atoms with Crippen molar-refractivity contribution in [2.24, 2.45) is 11.0 Å². The molecule has 1 saturated carbocycles. The minimum Gasteiger partial charge on any atom is -0.383 e. The van der Waals surface area contributed by atoms with Crippen LogP contribution in [0.5, 0.6) is 0 Å². The minimum atomic E-state index is -0.193. The summed E-state index contributed by atoms with van der Waals surface area (Å²) >= 11 is 6.51. The summed E-state index contributed by atoms with van der Waals surface area (Å²) in [5.41, 5.74) is 3.63. The van der Waals surface area contributed by atoms with Crippen molar-refractivity contribution >= 4 is 40.5 Å². The smallest absolute Gasteiger partial charge is 0.351 e. The van der Waals surface area contributed by atoms with Crippen molar-refractivity contribution in [3.8, 4) is 0 Å². The van der Waals surface area contributed by atoms with Gasteiger partial charge in [0.1, 0.15) is 5.82 Å². The second-order valence-corrected chi connectivity index (χ2v) is 10.9. The van der Waals surface area contributed by atoms with Crippen molar-refractivity contribution in [1.29, 1.82) is 0 Å². The SMILES string of the molecule is CN(C)CCNc1ccc(N2C(=O)N(C3CCOCC3)N=C(C3CCCCC3)c3ccc(Cl)cc32)nc1. The van der Waals surface area contributed by atoms with Crippen LogP contribution in [0.1, 0.15) is 50.5 Å². The highest BCUT2D eigenvalue weighted by Gasteiger charge is 2.38. The van der Waals surface area contributed by atoms with Crippen LogP contribution < -0.4 is 10.2 Å². The lowest BCUT2D eigenvalue weighted by molar-refractivity contribution is 0.0480. The van der Waals surface area contributed by atoms with E-state index in [1.807, 2.05) is 44.4 Å². The summed E-state index contributed by atoms with van der Waals surface area (Å²) in [4.78, 5) is 22.8. The van der Waals surface area contributed by atoms with Crippen molar-refractivity contribution in [2.75, 3.05) is 50.6 Å². The molecule has 3 aliphatic rings. The Kier molecular flexibility index (Phi) is 8.27. The first-order valence-electron chi connectivity index (χ1n) is 13.5. The van der Waals surface area contributed by atoms with Crippen LogP contribution >= 0.6 is 11.6 Å². The summed E-state index contributed by atoms with van der Waals surface area (Å²) in [6.07, 6.45) is 9.11. The molecule has 1 N–H and O–H groups in total. The lowest BCUT2D eigenvalue weighted by atomic mass is 9.83. The first-order valence-corrected chi connectivity index (χ1v) is 13.8. The maximum atomic E-state index is 14.3. The largest absolute Gasteiger partial charge is 0.383 e. The van der Waals surface area contributed by atoms with Crippen LogP contribution in [0.15, 0.2) is 41.6 Å². The molecule has 5 rings (SSSR count). The molecule has 2 aromatic rings. The van der Waals surface area contributed by atoms with Crippen LogP contribution in [-0.4, -0.2) is 73.1 Å². The number of halogens is 1. The van der Waals surface area contributed by atoms with E-state index in [2.05, 4.69) is 10.2 Å². The van der Waals surface area contributed by atoms with E-state index >= 15 is 0 Å². The number of pyridine rings is 1. The monoisotopic (exact) mass is 524 g/mol. The Morgan fingerprint density at radius 2 is 1.86 bits per heavy atom. The number of fused-ring (bicyclic) bond motifs is 1. The van der Waals surface area contributed by atoms with E-state index in [0.717, 1.165) is 61.4 Å². The van der Waals surface area contributed by atoms with E-state index < -0.39 is 0 Å². The fourth-order valence-electron chi connectivity index (χ4n) is 5.44. The fourth-order valence-corrected chi connectivity index (χ4v) is 5.60. The molecule has 0 spiro atoms. The predicted octanol–water partition coefficient (Wildman–Crippen LogP) is 5.75. The van der Waals surface area contributed by atoms with Gasteiger partial charge in [-0.05, 0) is 70.1 Å². The molecule has 0 radical (unpaired) electrons. The Labute approximate surface area is 224 Å². The molecule has 9 heteroatoms. The number of hydrogen-bond donors (Lipinski definition) is 1. The van der Waals surface area contributed by atoms with Crippen LogP contribution in [0.2, 0.25) is 5.02 Å². The highest BCUT2D eigenvalue weighted by atomic mass is 35.5. The fraction of sp³-hybridized carbons (Fsp3) is 0.536. The number of ether oxygens (including phenoxy) is 1. The lowest BCUT2D eigenvalue weighted by Crippen LogP contribution is -2.45. The van der Waals surface area contributed by atoms with E-state index in [-0.39, 0.29) is 12.1 Å². The van der Waals surface area contributed by atoms with Gasteiger partial charge in [0.25, 0.3) is 0 Å². The van der Waals surface area contributed by atoms with Gasteiger partial charge in [-0.1, -0.05) is 30.9 Å². The Bertz CT molecular complexity index is 1110. The van der Waals surface area contributed by atoms with E-state index in [1.165, 1.54) is 19.3 Å². The summed E-state index contributed by atoms with van der Waals surface area (Å²) in [5, 5.41) is 10.8. The second-order valence-electron chi connectivity index (χ2n) is 10.4. The van der Waals surface area contributed by atoms with Gasteiger partial charge < -0.3 is 15.0 Å². The molecule has 2 aliphatic heterocycles. The number of nitrogens with one attached hydrogen (secondary N) is 1. The van der Waals surface area contributed by atoms with Crippen LogP contribution in [0, 0.1) is 5.92 Å². The zero-order valence-electron chi connectivity index (χ0n) is 21.8. The summed E-state index contributed by atoms with van der Waals surface area (Å²) < 4.78 is 5.61. The number of benzene rings is 1. The van der Waals surface area contributed by atoms with Gasteiger partial charge >= 0.3 is 6.03 Å². The van der Waals surface area contributed by atoms with E-state index in [4.69, 9.17) is 26.4 Å². The number of anilines is 3. The number of carbonyl (C=O) groups excluding carboxylic acids is 1. The summed E-state index contributed by atoms with van der Waals surface area (Å²) in [5.74, 6) is 0.879. The van der Waals surface area contributed by atoms with Gasteiger partial charge in [-0.2, -0.15) is 5.10 Å². The zero-order valence-corrected chi connectivity index (χ0v) is 22.6. The van der Waals surface area contributed by atoms with Crippen LogP contribution in [-0.2, 0) is 4.74 Å². The normalized spacial score (nSPS) is 19.6. The zero-order chi connectivity index (χ0) is 25.8. The molecule has 198 valence electrons. The highest BCUT2D eigenvalue weighted by molar-refractivity contribution is 6.31. The maximum Gasteiger partial charge on any atom is 0.351 e. The molecule has 1 aromatic heterocycles. The predicted molar refractivity (Wildman–Crippen MR) is 149 cm³/mol. The van der Waals surface area contributed by atoms with Gasteiger partial charge in [0.2, 0.25) is 0 Å². The van der Waals surface area contributed by atoms with Crippen molar-refractivity contribution in [2.45, 2.75) is 51.0 Å². The molecule has 0 atom stereocenters. The van der Waals surface area contributed by atoms with Gasteiger partial charge in [-0.3, -0.25) is 0 Å². The third-order valence-corrected chi connectivity index (χ3v) is 7.71. The number of rotatable bonds is 7. The number of amides is 2. The van der Waals surface area contributed by atoms with E-state index in [9.17, 15) is 4.79 Å². The van der Waals surface area contributed by atoms with Crippen molar-refractivity contribution in [3.05, 3.63) is 47.1 Å². The van der Waals surface area contributed by atoms with Gasteiger partial charge in [0.05, 0.1) is 29.3 Å². The molecule has 37 heavy (non-hydrogen) atoms. The Hall–Kier alpha value is -2.68. The van der Waals surface area contributed by atoms with Gasteiger partial charge in [-0.15, -0.1) is 0 Å². The Morgan fingerprint density at radius 3 is 2.57 bits per heavy atom. The number of nitrogens with zero attached hydrogens (tertiary/aromatic N) is 5. The quantitative estimate of drug-likeness (QED) is 0.499. The average Bonchev–Trinajstić information content (AvgIpc) is 3.04. The van der Waals surface area contributed by atoms with Crippen LogP contribution in [0.3, 0.4) is 0 Å². The molecule has 1 saturated heterocycles. The van der Waals surface area contributed by atoms with Crippen LogP contribution in [0.4, 0.5) is 22.0 Å². The van der Waals surface area contributed by atoms with Crippen molar-refractivity contribution in [3.63, 3.8) is 0 Å². The van der Waals surface area contributed by atoms with Gasteiger partial charge in [0.15, 0.2) is 0 Å². The van der Waals surface area contributed by atoms with E-state index in [1.54, 1.807) is 16.1 Å². The summed E-state index contributed by atoms with van der Waals surface area (Å²) in [6, 6.07) is 9.47. The summed E-state index contributed by atoms with van der Waals surface area (Å²) in [6.45, 7) is 2.99. The first-order chi connectivity index (χ1) is 18.0. The van der Waals surface area contributed by atoms with Crippen LogP contribution in [0.25, 0.3) is 0 Å². The minimum absolute atomic E-state index is 0.0147. The van der Waals surface area contributed by atoms with Gasteiger partial charge in [0, 0.05) is 42.8 Å². The first kappa shape index (κ1) is 25.9. The molecule has 0 unspecified atom stereocenters. The highest BCUT2D eigenvalue weighted by Crippen LogP contribution is 2.39.